The fourth-order valence-corrected chi connectivity index (χ4v) is 2.51. The van der Waals surface area contributed by atoms with E-state index in [1.165, 1.54) is 36.8 Å². The summed E-state index contributed by atoms with van der Waals surface area (Å²) in [6.45, 7) is 6.80. The molecule has 1 aliphatic carbocycles. The minimum atomic E-state index is -0.0313. The maximum Gasteiger partial charge on any atom is 0.306 e. The van der Waals surface area contributed by atoms with Crippen molar-refractivity contribution in [2.75, 3.05) is 6.61 Å². The first-order chi connectivity index (χ1) is 7.69. The van der Waals surface area contributed by atoms with Crippen LogP contribution in [-0.2, 0) is 9.53 Å². The molecule has 2 heteroatoms. The molecule has 0 aromatic heterocycles. The lowest BCUT2D eigenvalue weighted by atomic mass is 9.93. The molecule has 0 spiro atoms. The van der Waals surface area contributed by atoms with Crippen molar-refractivity contribution in [3.63, 3.8) is 0 Å². The van der Waals surface area contributed by atoms with Crippen molar-refractivity contribution in [2.45, 2.75) is 59.3 Å². The Morgan fingerprint density at radius 2 is 2.19 bits per heavy atom. The third-order valence-electron chi connectivity index (χ3n) is 3.43. The van der Waals surface area contributed by atoms with Crippen molar-refractivity contribution in [3.8, 4) is 0 Å². The van der Waals surface area contributed by atoms with E-state index in [0.29, 0.717) is 18.9 Å². The van der Waals surface area contributed by atoms with Crippen LogP contribution in [0, 0.1) is 5.92 Å². The molecule has 1 unspecified atom stereocenters. The predicted octanol–water partition coefficient (Wildman–Crippen LogP) is 3.86. The summed E-state index contributed by atoms with van der Waals surface area (Å²) in [6.07, 6.45) is 6.54. The molecule has 0 saturated carbocycles. The maximum absolute atomic E-state index is 11.5. The highest BCUT2D eigenvalue weighted by Gasteiger charge is 2.25. The lowest BCUT2D eigenvalue weighted by Gasteiger charge is -2.14. The minimum Gasteiger partial charge on any atom is -0.466 e. The van der Waals surface area contributed by atoms with Gasteiger partial charge in [0, 0.05) is 0 Å². The zero-order valence-corrected chi connectivity index (χ0v) is 10.8. The zero-order valence-electron chi connectivity index (χ0n) is 10.8. The largest absolute Gasteiger partial charge is 0.466 e. The summed E-state index contributed by atoms with van der Waals surface area (Å²) >= 11 is 0. The summed E-state index contributed by atoms with van der Waals surface area (Å²) in [4.78, 5) is 11.5. The van der Waals surface area contributed by atoms with Gasteiger partial charge in [-0.15, -0.1) is 0 Å². The van der Waals surface area contributed by atoms with E-state index in [4.69, 9.17) is 4.74 Å². The number of hydrogen-bond acceptors (Lipinski definition) is 2. The summed E-state index contributed by atoms with van der Waals surface area (Å²) in [7, 11) is 0. The molecule has 0 aromatic carbocycles. The molecule has 0 saturated heterocycles. The van der Waals surface area contributed by atoms with Gasteiger partial charge in [-0.1, -0.05) is 24.5 Å². The highest BCUT2D eigenvalue weighted by Crippen LogP contribution is 2.37. The second-order valence-electron chi connectivity index (χ2n) is 4.65. The molecule has 1 atom stereocenters. The number of rotatable bonds is 6. The van der Waals surface area contributed by atoms with Crippen molar-refractivity contribution >= 4 is 5.97 Å². The van der Waals surface area contributed by atoms with Gasteiger partial charge in [0.1, 0.15) is 0 Å². The van der Waals surface area contributed by atoms with Gasteiger partial charge < -0.3 is 4.74 Å². The van der Waals surface area contributed by atoms with E-state index in [0.717, 1.165) is 6.42 Å². The van der Waals surface area contributed by atoms with Crippen molar-refractivity contribution in [3.05, 3.63) is 11.1 Å². The SMILES string of the molecule is CCCCC1=C(C)CCC1CC(=O)OCC. The fraction of sp³-hybridized carbons (Fsp3) is 0.786. The first kappa shape index (κ1) is 13.3. The molecular formula is C14H24O2. The number of unbranched alkanes of at least 4 members (excludes halogenated alkanes) is 1. The van der Waals surface area contributed by atoms with Crippen LogP contribution >= 0.6 is 0 Å². The summed E-state index contributed by atoms with van der Waals surface area (Å²) < 4.78 is 5.03. The number of carbonyl (C=O) groups excluding carboxylic acids is 1. The third kappa shape index (κ3) is 3.66. The maximum atomic E-state index is 11.5. The van der Waals surface area contributed by atoms with Crippen LogP contribution < -0.4 is 0 Å². The molecule has 0 heterocycles. The summed E-state index contributed by atoms with van der Waals surface area (Å²) in [5.74, 6) is 0.432. The smallest absolute Gasteiger partial charge is 0.306 e. The van der Waals surface area contributed by atoms with E-state index in [1.807, 2.05) is 6.92 Å². The second-order valence-corrected chi connectivity index (χ2v) is 4.65. The first-order valence-corrected chi connectivity index (χ1v) is 6.53. The summed E-state index contributed by atoms with van der Waals surface area (Å²) in [6, 6.07) is 0. The Hall–Kier alpha value is -0.790. The van der Waals surface area contributed by atoms with Crippen molar-refractivity contribution < 1.29 is 9.53 Å². The number of allylic oxidation sites excluding steroid dienone is 2. The van der Waals surface area contributed by atoms with Crippen molar-refractivity contribution in [1.29, 1.82) is 0 Å². The molecule has 0 aliphatic heterocycles. The molecule has 0 bridgehead atoms. The molecule has 92 valence electrons. The van der Waals surface area contributed by atoms with Gasteiger partial charge >= 0.3 is 5.97 Å². The Labute approximate surface area is 99.1 Å². The van der Waals surface area contributed by atoms with Crippen LogP contribution in [0.1, 0.15) is 59.3 Å². The Morgan fingerprint density at radius 3 is 2.81 bits per heavy atom. The van der Waals surface area contributed by atoms with E-state index in [2.05, 4.69) is 13.8 Å². The van der Waals surface area contributed by atoms with Crippen LogP contribution in [0.4, 0.5) is 0 Å². The normalized spacial score (nSPS) is 20.3. The number of esters is 1. The van der Waals surface area contributed by atoms with Crippen LogP contribution in [0.25, 0.3) is 0 Å². The Balaban J connectivity index is 2.50. The van der Waals surface area contributed by atoms with Gasteiger partial charge in [-0.25, -0.2) is 0 Å². The standard InChI is InChI=1S/C14H24O2/c1-4-6-7-13-11(3)8-9-12(13)10-14(15)16-5-2/h12H,4-10H2,1-3H3. The van der Waals surface area contributed by atoms with Crippen molar-refractivity contribution in [2.24, 2.45) is 5.92 Å². The number of ether oxygens (including phenoxy) is 1. The van der Waals surface area contributed by atoms with Gasteiger partial charge in [0.15, 0.2) is 0 Å². The highest BCUT2D eigenvalue weighted by atomic mass is 16.5. The number of carbonyl (C=O) groups is 1. The van der Waals surface area contributed by atoms with E-state index in [9.17, 15) is 4.79 Å². The average molecular weight is 224 g/mol. The average Bonchev–Trinajstić information content (AvgIpc) is 2.57. The van der Waals surface area contributed by atoms with Crippen LogP contribution in [0.5, 0.6) is 0 Å². The number of hydrogen-bond donors (Lipinski definition) is 0. The molecule has 0 amide bonds. The van der Waals surface area contributed by atoms with Gasteiger partial charge in [0.05, 0.1) is 13.0 Å². The van der Waals surface area contributed by atoms with E-state index in [1.54, 1.807) is 0 Å². The zero-order chi connectivity index (χ0) is 12.0. The van der Waals surface area contributed by atoms with Crippen LogP contribution in [-0.4, -0.2) is 12.6 Å². The molecule has 0 aromatic rings. The molecule has 16 heavy (non-hydrogen) atoms. The quantitative estimate of drug-likeness (QED) is 0.506. The minimum absolute atomic E-state index is 0.0313. The topological polar surface area (TPSA) is 26.3 Å². The molecule has 1 aliphatic rings. The fourth-order valence-electron chi connectivity index (χ4n) is 2.51. The molecule has 0 radical (unpaired) electrons. The van der Waals surface area contributed by atoms with E-state index >= 15 is 0 Å². The third-order valence-corrected chi connectivity index (χ3v) is 3.43. The molecular weight excluding hydrogens is 200 g/mol. The Morgan fingerprint density at radius 1 is 1.44 bits per heavy atom. The summed E-state index contributed by atoms with van der Waals surface area (Å²) in [5, 5.41) is 0. The van der Waals surface area contributed by atoms with Gasteiger partial charge in [-0.2, -0.15) is 0 Å². The van der Waals surface area contributed by atoms with E-state index in [-0.39, 0.29) is 5.97 Å². The monoisotopic (exact) mass is 224 g/mol. The van der Waals surface area contributed by atoms with Gasteiger partial charge in [-0.05, 0) is 45.4 Å². The lowest BCUT2D eigenvalue weighted by Crippen LogP contribution is -2.11. The van der Waals surface area contributed by atoms with Gasteiger partial charge in [0.2, 0.25) is 0 Å². The predicted molar refractivity (Wildman–Crippen MR) is 66.2 cm³/mol. The lowest BCUT2D eigenvalue weighted by molar-refractivity contribution is -0.143. The molecule has 0 fully saturated rings. The molecule has 2 nitrogen and oxygen atoms in total. The van der Waals surface area contributed by atoms with Gasteiger partial charge in [0.25, 0.3) is 0 Å². The van der Waals surface area contributed by atoms with Gasteiger partial charge in [-0.3, -0.25) is 4.79 Å². The highest BCUT2D eigenvalue weighted by molar-refractivity contribution is 5.70. The van der Waals surface area contributed by atoms with Crippen LogP contribution in [0.2, 0.25) is 0 Å². The summed E-state index contributed by atoms with van der Waals surface area (Å²) in [5.41, 5.74) is 3.05. The molecule has 1 rings (SSSR count). The molecule has 0 N–H and O–H groups in total. The van der Waals surface area contributed by atoms with Crippen LogP contribution in [0.15, 0.2) is 11.1 Å². The van der Waals surface area contributed by atoms with E-state index < -0.39 is 0 Å². The van der Waals surface area contributed by atoms with Crippen LogP contribution in [0.3, 0.4) is 0 Å². The second kappa shape index (κ2) is 6.72. The first-order valence-electron chi connectivity index (χ1n) is 6.53. The Kier molecular flexibility index (Phi) is 5.58. The van der Waals surface area contributed by atoms with Crippen molar-refractivity contribution in [1.82, 2.24) is 0 Å². The Bertz CT molecular complexity index is 266.